The van der Waals surface area contributed by atoms with Crippen LogP contribution >= 0.6 is 0 Å². The summed E-state index contributed by atoms with van der Waals surface area (Å²) in [7, 11) is 0. The Labute approximate surface area is 99.5 Å². The minimum absolute atomic E-state index is 0.362. The van der Waals surface area contributed by atoms with E-state index in [0.717, 1.165) is 5.56 Å². The summed E-state index contributed by atoms with van der Waals surface area (Å²) >= 11 is 0. The van der Waals surface area contributed by atoms with E-state index in [2.05, 4.69) is 0 Å². The van der Waals surface area contributed by atoms with Crippen LogP contribution in [0.1, 0.15) is 31.3 Å². The summed E-state index contributed by atoms with van der Waals surface area (Å²) in [4.78, 5) is 21.9. The number of carbonyl (C=O) groups excluding carboxylic acids is 2. The van der Waals surface area contributed by atoms with Crippen molar-refractivity contribution in [3.05, 3.63) is 35.4 Å². The van der Waals surface area contributed by atoms with Crippen molar-refractivity contribution in [2.45, 2.75) is 26.7 Å². The van der Waals surface area contributed by atoms with Crippen molar-refractivity contribution in [1.29, 1.82) is 0 Å². The van der Waals surface area contributed by atoms with Gasteiger partial charge in [-0.2, -0.15) is 0 Å². The molecule has 0 saturated heterocycles. The molecule has 5 nitrogen and oxygen atoms in total. The fourth-order valence-electron chi connectivity index (χ4n) is 1.33. The third-order valence-electron chi connectivity index (χ3n) is 2.00. The lowest BCUT2D eigenvalue weighted by Crippen LogP contribution is -2.15. The van der Waals surface area contributed by atoms with Gasteiger partial charge in [-0.15, -0.1) is 0 Å². The molecule has 0 aliphatic carbocycles. The molecular weight excluding hydrogens is 222 g/mol. The van der Waals surface area contributed by atoms with E-state index in [4.69, 9.17) is 15.2 Å². The monoisotopic (exact) mass is 237 g/mol. The van der Waals surface area contributed by atoms with Gasteiger partial charge in [0.1, 0.15) is 0 Å². The molecule has 0 aliphatic heterocycles. The molecule has 1 aromatic rings. The van der Waals surface area contributed by atoms with Crippen molar-refractivity contribution < 1.29 is 19.1 Å². The highest BCUT2D eigenvalue weighted by molar-refractivity contribution is 5.68. The van der Waals surface area contributed by atoms with E-state index >= 15 is 0 Å². The summed E-state index contributed by atoms with van der Waals surface area (Å²) in [5, 5.41) is 0. The summed E-state index contributed by atoms with van der Waals surface area (Å²) in [6.45, 7) is 2.87. The number of carbonyl (C=O) groups is 2. The molecule has 0 saturated carbocycles. The molecule has 0 unspecified atom stereocenters. The topological polar surface area (TPSA) is 78.6 Å². The minimum Gasteiger partial charge on any atom is -0.421 e. The lowest BCUT2D eigenvalue weighted by atomic mass is 10.1. The zero-order chi connectivity index (χ0) is 12.8. The first-order valence-electron chi connectivity index (χ1n) is 5.16. The Morgan fingerprint density at radius 1 is 1.24 bits per heavy atom. The van der Waals surface area contributed by atoms with Gasteiger partial charge in [0.05, 0.1) is 0 Å². The first-order chi connectivity index (χ1) is 8.02. The molecule has 92 valence electrons. The zero-order valence-electron chi connectivity index (χ0n) is 9.80. The maximum atomic E-state index is 10.9. The van der Waals surface area contributed by atoms with Crippen LogP contribution in [0.15, 0.2) is 24.3 Å². The summed E-state index contributed by atoms with van der Waals surface area (Å²) in [6.07, 6.45) is -1.02. The third kappa shape index (κ3) is 4.24. The number of hydrogen-bond acceptors (Lipinski definition) is 5. The summed E-state index contributed by atoms with van der Waals surface area (Å²) in [5.74, 6) is -1.04. The molecule has 0 radical (unpaired) electrons. The van der Waals surface area contributed by atoms with Crippen LogP contribution in [0.3, 0.4) is 0 Å². The number of ether oxygens (including phenoxy) is 2. The number of esters is 2. The third-order valence-corrected chi connectivity index (χ3v) is 2.00. The Bertz CT molecular complexity index is 401. The molecule has 0 atom stereocenters. The van der Waals surface area contributed by atoms with Crippen LogP contribution in [0.2, 0.25) is 0 Å². The van der Waals surface area contributed by atoms with Crippen LogP contribution in [-0.2, 0) is 25.6 Å². The highest BCUT2D eigenvalue weighted by Crippen LogP contribution is 2.20. The molecule has 1 aromatic carbocycles. The van der Waals surface area contributed by atoms with Gasteiger partial charge in [0.15, 0.2) is 0 Å². The number of nitrogens with two attached hydrogens (primary N) is 1. The molecule has 17 heavy (non-hydrogen) atoms. The second-order valence-electron chi connectivity index (χ2n) is 3.50. The van der Waals surface area contributed by atoms with Gasteiger partial charge in [-0.1, -0.05) is 18.2 Å². The first-order valence-corrected chi connectivity index (χ1v) is 5.16. The summed E-state index contributed by atoms with van der Waals surface area (Å²) < 4.78 is 9.85. The Balaban J connectivity index is 2.94. The van der Waals surface area contributed by atoms with E-state index in [9.17, 15) is 9.59 Å². The van der Waals surface area contributed by atoms with Gasteiger partial charge in [0, 0.05) is 26.0 Å². The predicted molar refractivity (Wildman–Crippen MR) is 60.6 cm³/mol. The molecule has 5 heteroatoms. The quantitative estimate of drug-likeness (QED) is 0.630. The van der Waals surface area contributed by atoms with Crippen molar-refractivity contribution >= 4 is 11.9 Å². The zero-order valence-corrected chi connectivity index (χ0v) is 9.80. The second-order valence-corrected chi connectivity index (χ2v) is 3.50. The van der Waals surface area contributed by atoms with Crippen molar-refractivity contribution in [3.8, 4) is 0 Å². The molecular formula is C12H15NO4. The van der Waals surface area contributed by atoms with Crippen LogP contribution in [0.25, 0.3) is 0 Å². The molecule has 0 aliphatic rings. The average molecular weight is 237 g/mol. The fourth-order valence-corrected chi connectivity index (χ4v) is 1.33. The van der Waals surface area contributed by atoms with Gasteiger partial charge in [-0.25, -0.2) is 0 Å². The predicted octanol–water partition coefficient (Wildman–Crippen LogP) is 1.27. The van der Waals surface area contributed by atoms with Gasteiger partial charge >= 0.3 is 11.9 Å². The van der Waals surface area contributed by atoms with Crippen LogP contribution in [0, 0.1) is 0 Å². The van der Waals surface area contributed by atoms with Crippen LogP contribution in [0.4, 0.5) is 0 Å². The molecule has 1 rings (SSSR count). The highest BCUT2D eigenvalue weighted by Gasteiger charge is 2.17. The van der Waals surface area contributed by atoms with E-state index < -0.39 is 18.2 Å². The molecule has 0 bridgehead atoms. The van der Waals surface area contributed by atoms with Gasteiger partial charge < -0.3 is 15.2 Å². The standard InChI is InChI=1S/C12H15NO4/c1-8(14)16-12(17-9(2)15)11-5-3-4-10(6-11)7-13/h3-6,12H,7,13H2,1-2H3. The van der Waals surface area contributed by atoms with Crippen molar-refractivity contribution in [2.75, 3.05) is 0 Å². The Kier molecular flexibility index (Phi) is 4.66. The fraction of sp³-hybridized carbons (Fsp3) is 0.333. The van der Waals surface area contributed by atoms with Crippen LogP contribution in [-0.4, -0.2) is 11.9 Å². The van der Waals surface area contributed by atoms with Crippen molar-refractivity contribution in [1.82, 2.24) is 0 Å². The maximum Gasteiger partial charge on any atom is 0.305 e. The normalized spacial score (nSPS) is 10.1. The number of hydrogen-bond donors (Lipinski definition) is 1. The van der Waals surface area contributed by atoms with E-state index in [0.29, 0.717) is 12.1 Å². The molecule has 0 fully saturated rings. The lowest BCUT2D eigenvalue weighted by molar-refractivity contribution is -0.186. The lowest BCUT2D eigenvalue weighted by Gasteiger charge is -2.17. The Hall–Kier alpha value is -1.88. The molecule has 0 spiro atoms. The van der Waals surface area contributed by atoms with E-state index in [-0.39, 0.29) is 0 Å². The minimum atomic E-state index is -1.02. The molecule has 2 N–H and O–H groups in total. The van der Waals surface area contributed by atoms with Crippen molar-refractivity contribution in [2.24, 2.45) is 5.73 Å². The highest BCUT2D eigenvalue weighted by atomic mass is 16.7. The van der Waals surface area contributed by atoms with E-state index in [1.807, 2.05) is 6.07 Å². The van der Waals surface area contributed by atoms with Gasteiger partial charge in [0.2, 0.25) is 0 Å². The SMILES string of the molecule is CC(=O)OC(OC(C)=O)c1cccc(CN)c1. The maximum absolute atomic E-state index is 10.9. The first kappa shape index (κ1) is 13.2. The second kappa shape index (κ2) is 6.00. The van der Waals surface area contributed by atoms with E-state index in [1.54, 1.807) is 18.2 Å². The van der Waals surface area contributed by atoms with Crippen LogP contribution in [0.5, 0.6) is 0 Å². The number of rotatable bonds is 4. The molecule has 0 amide bonds. The Morgan fingerprint density at radius 2 is 1.82 bits per heavy atom. The smallest absolute Gasteiger partial charge is 0.305 e. The van der Waals surface area contributed by atoms with Gasteiger partial charge in [-0.05, 0) is 11.6 Å². The Morgan fingerprint density at radius 3 is 2.29 bits per heavy atom. The van der Waals surface area contributed by atoms with Gasteiger partial charge in [-0.3, -0.25) is 9.59 Å². The largest absolute Gasteiger partial charge is 0.421 e. The van der Waals surface area contributed by atoms with Crippen LogP contribution < -0.4 is 5.73 Å². The van der Waals surface area contributed by atoms with Crippen molar-refractivity contribution in [3.63, 3.8) is 0 Å². The molecule has 0 aromatic heterocycles. The summed E-state index contributed by atoms with van der Waals surface area (Å²) in [6, 6.07) is 7.03. The van der Waals surface area contributed by atoms with Gasteiger partial charge in [0.25, 0.3) is 6.29 Å². The summed E-state index contributed by atoms with van der Waals surface area (Å²) in [5.41, 5.74) is 6.96. The molecule has 0 heterocycles. The number of benzene rings is 1. The average Bonchev–Trinajstić information content (AvgIpc) is 2.27. The van der Waals surface area contributed by atoms with E-state index in [1.165, 1.54) is 13.8 Å².